The van der Waals surface area contributed by atoms with E-state index in [0.717, 1.165) is 11.5 Å². The largest absolute Gasteiger partial charge is 0.444 e. The number of nitrogens with one attached hydrogen (secondary N) is 2. The Morgan fingerprint density at radius 3 is 2.73 bits per heavy atom. The predicted octanol–water partition coefficient (Wildman–Crippen LogP) is 2.43. The van der Waals surface area contributed by atoms with Gasteiger partial charge in [0, 0.05) is 38.3 Å². The van der Waals surface area contributed by atoms with Crippen LogP contribution in [0.1, 0.15) is 43.6 Å². The van der Waals surface area contributed by atoms with Crippen LogP contribution in [0.25, 0.3) is 0 Å². The summed E-state index contributed by atoms with van der Waals surface area (Å²) in [5.41, 5.74) is 1.19. The smallest absolute Gasteiger partial charge is 0.410 e. The van der Waals surface area contributed by atoms with E-state index in [1.165, 1.54) is 0 Å². The van der Waals surface area contributed by atoms with Gasteiger partial charge in [0.2, 0.25) is 0 Å². The van der Waals surface area contributed by atoms with E-state index in [-0.39, 0.29) is 42.0 Å². The Kier molecular flexibility index (Phi) is 8.34. The summed E-state index contributed by atoms with van der Waals surface area (Å²) in [6, 6.07) is 7.75. The number of rotatable bonds is 4. The Hall–Kier alpha value is -2.04. The number of halogens is 1. The number of amides is 2. The molecule has 2 N–H and O–H groups in total. The standard InChI is InChI=1S/C21H31N5O3.HI/c1-5-22-18(27)16-8-6-7-15(11-16)12-23-19-24-13-17-14-25(9-10-26(17)19)20(28)29-21(2,3)4;/h6-8,11,17H,5,9-10,12-14H2,1-4H3,(H,22,27)(H,23,24);1H. The number of guanidine groups is 1. The van der Waals surface area contributed by atoms with Gasteiger partial charge < -0.3 is 25.2 Å². The molecule has 0 radical (unpaired) electrons. The molecular weight excluding hydrogens is 497 g/mol. The average molecular weight is 529 g/mol. The van der Waals surface area contributed by atoms with Crippen LogP contribution < -0.4 is 10.6 Å². The predicted molar refractivity (Wildman–Crippen MR) is 127 cm³/mol. The molecule has 0 spiro atoms. The third kappa shape index (κ3) is 6.23. The Morgan fingerprint density at radius 2 is 2.03 bits per heavy atom. The molecular formula is C21H32IN5O3. The molecule has 3 rings (SSSR count). The summed E-state index contributed by atoms with van der Waals surface area (Å²) in [5, 5.41) is 6.20. The van der Waals surface area contributed by atoms with Gasteiger partial charge >= 0.3 is 6.09 Å². The molecule has 0 aromatic heterocycles. The van der Waals surface area contributed by atoms with Crippen LogP contribution in [0.4, 0.5) is 4.79 Å². The SMILES string of the molecule is CCNC(=O)c1cccc(CNC2=NCC3CN(C(=O)OC(C)(C)C)CCN23)c1.I. The normalized spacial score (nSPS) is 18.1. The molecule has 0 aliphatic carbocycles. The van der Waals surface area contributed by atoms with Crippen LogP contribution in [-0.2, 0) is 11.3 Å². The number of ether oxygens (including phenoxy) is 1. The van der Waals surface area contributed by atoms with Gasteiger partial charge in [-0.05, 0) is 45.4 Å². The fourth-order valence-electron chi connectivity index (χ4n) is 3.49. The van der Waals surface area contributed by atoms with Crippen molar-refractivity contribution in [2.75, 3.05) is 32.7 Å². The molecule has 8 nitrogen and oxygen atoms in total. The summed E-state index contributed by atoms with van der Waals surface area (Å²) in [4.78, 5) is 32.9. The summed E-state index contributed by atoms with van der Waals surface area (Å²) < 4.78 is 5.49. The molecule has 9 heteroatoms. The van der Waals surface area contributed by atoms with Crippen LogP contribution in [0.15, 0.2) is 29.3 Å². The molecule has 166 valence electrons. The van der Waals surface area contributed by atoms with E-state index < -0.39 is 5.60 Å². The monoisotopic (exact) mass is 529 g/mol. The summed E-state index contributed by atoms with van der Waals surface area (Å²) in [5.74, 6) is 0.785. The Bertz CT molecular complexity index is 793. The highest BCUT2D eigenvalue weighted by atomic mass is 127. The van der Waals surface area contributed by atoms with E-state index in [2.05, 4.69) is 20.5 Å². The van der Waals surface area contributed by atoms with Gasteiger partial charge in [0.1, 0.15) is 5.60 Å². The maximum atomic E-state index is 12.3. The lowest BCUT2D eigenvalue weighted by atomic mass is 10.1. The number of fused-ring (bicyclic) bond motifs is 1. The maximum absolute atomic E-state index is 12.3. The van der Waals surface area contributed by atoms with E-state index in [4.69, 9.17) is 4.74 Å². The molecule has 2 amide bonds. The van der Waals surface area contributed by atoms with E-state index in [1.807, 2.05) is 52.0 Å². The third-order valence-corrected chi connectivity index (χ3v) is 4.84. The minimum atomic E-state index is -0.490. The third-order valence-electron chi connectivity index (χ3n) is 4.84. The van der Waals surface area contributed by atoms with Gasteiger partial charge in [-0.15, -0.1) is 24.0 Å². The number of carbonyl (C=O) groups is 2. The quantitative estimate of drug-likeness (QED) is 0.586. The zero-order valence-electron chi connectivity index (χ0n) is 18.1. The van der Waals surface area contributed by atoms with Crippen LogP contribution in [0, 0.1) is 0 Å². The first-order valence-corrected chi connectivity index (χ1v) is 10.2. The molecule has 0 saturated carbocycles. The topological polar surface area (TPSA) is 86.3 Å². The highest BCUT2D eigenvalue weighted by molar-refractivity contribution is 14.0. The molecule has 2 heterocycles. The average Bonchev–Trinajstić information content (AvgIpc) is 3.08. The lowest BCUT2D eigenvalue weighted by Crippen LogP contribution is -2.57. The van der Waals surface area contributed by atoms with Crippen molar-refractivity contribution in [3.05, 3.63) is 35.4 Å². The zero-order valence-corrected chi connectivity index (χ0v) is 20.4. The van der Waals surface area contributed by atoms with E-state index in [1.54, 1.807) is 4.90 Å². The molecule has 1 atom stereocenters. The second kappa shape index (κ2) is 10.3. The second-order valence-corrected chi connectivity index (χ2v) is 8.35. The van der Waals surface area contributed by atoms with Gasteiger partial charge in [0.25, 0.3) is 5.91 Å². The van der Waals surface area contributed by atoms with Crippen molar-refractivity contribution in [2.24, 2.45) is 4.99 Å². The second-order valence-electron chi connectivity index (χ2n) is 8.35. The summed E-state index contributed by atoms with van der Waals surface area (Å²) in [6.07, 6.45) is -0.263. The molecule has 1 saturated heterocycles. The lowest BCUT2D eigenvalue weighted by Gasteiger charge is -2.39. The fraction of sp³-hybridized carbons (Fsp3) is 0.571. The molecule has 2 aliphatic heterocycles. The van der Waals surface area contributed by atoms with Crippen molar-refractivity contribution in [2.45, 2.75) is 45.9 Å². The van der Waals surface area contributed by atoms with Gasteiger partial charge in [0.05, 0.1) is 12.6 Å². The number of aliphatic imine (C=N–C) groups is 1. The Morgan fingerprint density at radius 1 is 1.27 bits per heavy atom. The number of carbonyl (C=O) groups excluding carboxylic acids is 2. The number of benzene rings is 1. The van der Waals surface area contributed by atoms with Gasteiger partial charge in [-0.3, -0.25) is 9.79 Å². The summed E-state index contributed by atoms with van der Waals surface area (Å²) in [6.45, 7) is 11.3. The summed E-state index contributed by atoms with van der Waals surface area (Å²) in [7, 11) is 0. The number of hydrogen-bond donors (Lipinski definition) is 2. The van der Waals surface area contributed by atoms with Crippen molar-refractivity contribution in [1.82, 2.24) is 20.4 Å². The first kappa shape index (κ1) is 24.2. The molecule has 30 heavy (non-hydrogen) atoms. The van der Waals surface area contributed by atoms with Crippen molar-refractivity contribution < 1.29 is 14.3 Å². The Labute approximate surface area is 195 Å². The van der Waals surface area contributed by atoms with Gasteiger partial charge in [-0.1, -0.05) is 12.1 Å². The maximum Gasteiger partial charge on any atom is 0.410 e. The zero-order chi connectivity index (χ0) is 21.0. The minimum absolute atomic E-state index is 0. The van der Waals surface area contributed by atoms with E-state index in [0.29, 0.717) is 44.8 Å². The minimum Gasteiger partial charge on any atom is -0.444 e. The van der Waals surface area contributed by atoms with Crippen LogP contribution in [0.3, 0.4) is 0 Å². The highest BCUT2D eigenvalue weighted by Gasteiger charge is 2.36. The highest BCUT2D eigenvalue weighted by Crippen LogP contribution is 2.19. The molecule has 1 fully saturated rings. The molecule has 1 aromatic carbocycles. The molecule has 1 unspecified atom stereocenters. The van der Waals surface area contributed by atoms with Crippen molar-refractivity contribution >= 4 is 41.9 Å². The van der Waals surface area contributed by atoms with Gasteiger partial charge in [-0.25, -0.2) is 4.79 Å². The van der Waals surface area contributed by atoms with Crippen LogP contribution in [0.2, 0.25) is 0 Å². The molecule has 1 aromatic rings. The Balaban J connectivity index is 0.00000320. The van der Waals surface area contributed by atoms with Gasteiger partial charge in [-0.2, -0.15) is 0 Å². The van der Waals surface area contributed by atoms with Crippen molar-refractivity contribution in [3.63, 3.8) is 0 Å². The van der Waals surface area contributed by atoms with Crippen LogP contribution >= 0.6 is 24.0 Å². The number of nitrogens with zero attached hydrogens (tertiary/aromatic N) is 3. The molecule has 2 aliphatic rings. The van der Waals surface area contributed by atoms with Crippen molar-refractivity contribution in [1.29, 1.82) is 0 Å². The number of hydrogen-bond acceptors (Lipinski definition) is 6. The van der Waals surface area contributed by atoms with Gasteiger partial charge in [0.15, 0.2) is 5.96 Å². The first-order valence-electron chi connectivity index (χ1n) is 10.2. The van der Waals surface area contributed by atoms with E-state index >= 15 is 0 Å². The lowest BCUT2D eigenvalue weighted by molar-refractivity contribution is 0.0137. The van der Waals surface area contributed by atoms with Crippen LogP contribution in [-0.4, -0.2) is 72.1 Å². The number of piperazine rings is 1. The fourth-order valence-corrected chi connectivity index (χ4v) is 3.49. The van der Waals surface area contributed by atoms with Crippen molar-refractivity contribution in [3.8, 4) is 0 Å². The van der Waals surface area contributed by atoms with E-state index in [9.17, 15) is 9.59 Å². The molecule has 0 bridgehead atoms. The van der Waals surface area contributed by atoms with Crippen LogP contribution in [0.5, 0.6) is 0 Å². The first-order chi connectivity index (χ1) is 13.8. The summed E-state index contributed by atoms with van der Waals surface area (Å²) >= 11 is 0.